The quantitative estimate of drug-likeness (QED) is 0.821. The van der Waals surface area contributed by atoms with Crippen molar-refractivity contribution < 1.29 is 0 Å². The molecule has 4 nitrogen and oxygen atoms in total. The van der Waals surface area contributed by atoms with Crippen LogP contribution in [-0.2, 0) is 0 Å². The summed E-state index contributed by atoms with van der Waals surface area (Å²) < 4.78 is 0. The van der Waals surface area contributed by atoms with Crippen molar-refractivity contribution in [3.63, 3.8) is 0 Å². The lowest BCUT2D eigenvalue weighted by Gasteiger charge is -2.15. The van der Waals surface area contributed by atoms with Gasteiger partial charge in [-0.3, -0.25) is 0 Å². The van der Waals surface area contributed by atoms with Gasteiger partial charge in [0.2, 0.25) is 5.95 Å². The van der Waals surface area contributed by atoms with Crippen LogP contribution in [0.15, 0.2) is 6.20 Å². The Kier molecular flexibility index (Phi) is 3.27. The van der Waals surface area contributed by atoms with E-state index < -0.39 is 0 Å². The summed E-state index contributed by atoms with van der Waals surface area (Å²) in [6.45, 7) is 4.35. The van der Waals surface area contributed by atoms with Crippen molar-refractivity contribution in [3.8, 4) is 0 Å². The van der Waals surface area contributed by atoms with Crippen LogP contribution in [0.4, 0.5) is 11.8 Å². The highest BCUT2D eigenvalue weighted by Gasteiger charge is 2.21. The highest BCUT2D eigenvalue weighted by atomic mass is 15.1. The van der Waals surface area contributed by atoms with E-state index >= 15 is 0 Å². The Hall–Kier alpha value is -1.32. The average molecular weight is 220 g/mol. The Balaban J connectivity index is 2.08. The molecule has 2 rings (SSSR count). The van der Waals surface area contributed by atoms with E-state index in [0.29, 0.717) is 12.0 Å². The molecular formula is C12H20N4. The van der Waals surface area contributed by atoms with Gasteiger partial charge >= 0.3 is 0 Å². The number of nitrogens with one attached hydrogen (secondary N) is 2. The molecule has 4 heteroatoms. The van der Waals surface area contributed by atoms with Gasteiger partial charge in [-0.15, -0.1) is 0 Å². The molecule has 0 bridgehead atoms. The van der Waals surface area contributed by atoms with Gasteiger partial charge in [0.1, 0.15) is 5.82 Å². The maximum atomic E-state index is 4.45. The Morgan fingerprint density at radius 2 is 2.19 bits per heavy atom. The van der Waals surface area contributed by atoms with Gasteiger partial charge in [-0.05, 0) is 32.1 Å². The second-order valence-corrected chi connectivity index (χ2v) is 4.73. The summed E-state index contributed by atoms with van der Waals surface area (Å²) >= 11 is 0. The van der Waals surface area contributed by atoms with Crippen LogP contribution < -0.4 is 10.6 Å². The zero-order chi connectivity index (χ0) is 11.5. The van der Waals surface area contributed by atoms with E-state index in [1.165, 1.54) is 19.3 Å². The first-order chi connectivity index (χ1) is 7.69. The van der Waals surface area contributed by atoms with Gasteiger partial charge in [0.15, 0.2) is 0 Å². The lowest BCUT2D eigenvalue weighted by atomic mass is 10.1. The second kappa shape index (κ2) is 4.68. The molecule has 1 aromatic heterocycles. The van der Waals surface area contributed by atoms with Crippen LogP contribution in [0.2, 0.25) is 0 Å². The van der Waals surface area contributed by atoms with Crippen LogP contribution in [0.5, 0.6) is 0 Å². The molecule has 1 aliphatic carbocycles. The van der Waals surface area contributed by atoms with Gasteiger partial charge in [-0.25, -0.2) is 4.98 Å². The summed E-state index contributed by atoms with van der Waals surface area (Å²) in [5, 5.41) is 6.49. The molecule has 1 aromatic rings. The smallest absolute Gasteiger partial charge is 0.224 e. The highest BCUT2D eigenvalue weighted by molar-refractivity contribution is 5.47. The van der Waals surface area contributed by atoms with Crippen LogP contribution in [0.1, 0.15) is 31.7 Å². The number of hydrogen-bond donors (Lipinski definition) is 2. The molecule has 2 N–H and O–H groups in total. The van der Waals surface area contributed by atoms with Crippen molar-refractivity contribution in [1.29, 1.82) is 0 Å². The molecule has 0 aromatic carbocycles. The van der Waals surface area contributed by atoms with Crippen molar-refractivity contribution >= 4 is 11.8 Å². The van der Waals surface area contributed by atoms with E-state index in [1.807, 2.05) is 20.2 Å². The number of aromatic nitrogens is 2. The first-order valence-corrected chi connectivity index (χ1v) is 5.97. The molecule has 2 atom stereocenters. The topological polar surface area (TPSA) is 49.8 Å². The van der Waals surface area contributed by atoms with Crippen LogP contribution >= 0.6 is 0 Å². The largest absolute Gasteiger partial charge is 0.367 e. The molecule has 0 aliphatic heterocycles. The lowest BCUT2D eigenvalue weighted by Crippen LogP contribution is -2.17. The molecule has 2 unspecified atom stereocenters. The fourth-order valence-corrected chi connectivity index (χ4v) is 2.24. The summed E-state index contributed by atoms with van der Waals surface area (Å²) in [5.41, 5.74) is 1.11. The lowest BCUT2D eigenvalue weighted by molar-refractivity contribution is 0.602. The first kappa shape index (κ1) is 11.2. The van der Waals surface area contributed by atoms with Gasteiger partial charge in [-0.1, -0.05) is 6.92 Å². The SMILES string of the molecule is CNc1ncc(C)c(NC2CCC(C)C2)n1. The van der Waals surface area contributed by atoms with E-state index in [0.717, 1.165) is 17.3 Å². The fourth-order valence-electron chi connectivity index (χ4n) is 2.24. The van der Waals surface area contributed by atoms with Crippen molar-refractivity contribution in [2.24, 2.45) is 5.92 Å². The van der Waals surface area contributed by atoms with Crippen LogP contribution in [-0.4, -0.2) is 23.1 Å². The van der Waals surface area contributed by atoms with Gasteiger partial charge in [-0.2, -0.15) is 4.98 Å². The van der Waals surface area contributed by atoms with Crippen molar-refractivity contribution in [3.05, 3.63) is 11.8 Å². The minimum atomic E-state index is 0.577. The molecule has 16 heavy (non-hydrogen) atoms. The van der Waals surface area contributed by atoms with Crippen LogP contribution in [0.25, 0.3) is 0 Å². The van der Waals surface area contributed by atoms with E-state index in [4.69, 9.17) is 0 Å². The summed E-state index contributed by atoms with van der Waals surface area (Å²) in [6, 6.07) is 0.577. The molecule has 0 saturated heterocycles. The van der Waals surface area contributed by atoms with E-state index in [9.17, 15) is 0 Å². The maximum Gasteiger partial charge on any atom is 0.224 e. The molecule has 0 radical (unpaired) electrons. The zero-order valence-corrected chi connectivity index (χ0v) is 10.2. The molecule has 88 valence electrons. The third-order valence-corrected chi connectivity index (χ3v) is 3.23. The minimum Gasteiger partial charge on any atom is -0.367 e. The normalized spacial score (nSPS) is 24.4. The van der Waals surface area contributed by atoms with Crippen LogP contribution in [0.3, 0.4) is 0 Å². The van der Waals surface area contributed by atoms with Crippen molar-refractivity contribution in [2.75, 3.05) is 17.7 Å². The minimum absolute atomic E-state index is 0.577. The number of rotatable bonds is 3. The Morgan fingerprint density at radius 1 is 1.38 bits per heavy atom. The molecule has 0 spiro atoms. The molecule has 1 aliphatic rings. The van der Waals surface area contributed by atoms with Crippen molar-refractivity contribution in [2.45, 2.75) is 39.2 Å². The third-order valence-electron chi connectivity index (χ3n) is 3.23. The first-order valence-electron chi connectivity index (χ1n) is 5.97. The fraction of sp³-hybridized carbons (Fsp3) is 0.667. The van der Waals surface area contributed by atoms with Gasteiger partial charge in [0, 0.05) is 24.8 Å². The molecule has 1 fully saturated rings. The van der Waals surface area contributed by atoms with E-state index in [1.54, 1.807) is 0 Å². The van der Waals surface area contributed by atoms with E-state index in [2.05, 4.69) is 27.5 Å². The average Bonchev–Trinajstić information content (AvgIpc) is 2.67. The molecule has 1 heterocycles. The van der Waals surface area contributed by atoms with Gasteiger partial charge in [0.05, 0.1) is 0 Å². The van der Waals surface area contributed by atoms with Crippen LogP contribution in [0, 0.1) is 12.8 Å². The molecular weight excluding hydrogens is 200 g/mol. The Labute approximate surface area is 96.9 Å². The summed E-state index contributed by atoms with van der Waals surface area (Å²) in [4.78, 5) is 8.63. The predicted octanol–water partition coefficient (Wildman–Crippen LogP) is 2.43. The predicted molar refractivity (Wildman–Crippen MR) is 66.7 cm³/mol. The van der Waals surface area contributed by atoms with E-state index in [-0.39, 0.29) is 0 Å². The van der Waals surface area contributed by atoms with Gasteiger partial charge < -0.3 is 10.6 Å². The maximum absolute atomic E-state index is 4.45. The third kappa shape index (κ3) is 2.43. The zero-order valence-electron chi connectivity index (χ0n) is 10.2. The Morgan fingerprint density at radius 3 is 2.81 bits per heavy atom. The second-order valence-electron chi connectivity index (χ2n) is 4.73. The number of aryl methyl sites for hydroxylation is 1. The van der Waals surface area contributed by atoms with Gasteiger partial charge in [0.25, 0.3) is 0 Å². The number of anilines is 2. The standard InChI is InChI=1S/C12H20N4/c1-8-4-5-10(6-8)15-11-9(2)7-14-12(13-3)16-11/h7-8,10H,4-6H2,1-3H3,(H2,13,14,15,16). The Bertz CT molecular complexity index is 364. The van der Waals surface area contributed by atoms with Crippen molar-refractivity contribution in [1.82, 2.24) is 9.97 Å². The molecule has 0 amide bonds. The summed E-state index contributed by atoms with van der Waals surface area (Å²) in [6.07, 6.45) is 5.68. The number of hydrogen-bond acceptors (Lipinski definition) is 4. The summed E-state index contributed by atoms with van der Waals surface area (Å²) in [5.74, 6) is 2.49. The monoisotopic (exact) mass is 220 g/mol. The molecule has 1 saturated carbocycles. The summed E-state index contributed by atoms with van der Waals surface area (Å²) in [7, 11) is 1.84. The number of nitrogens with zero attached hydrogens (tertiary/aromatic N) is 2. The highest BCUT2D eigenvalue weighted by Crippen LogP contribution is 2.27.